The maximum absolute atomic E-state index is 10.6. The van der Waals surface area contributed by atoms with Crippen molar-refractivity contribution in [1.82, 2.24) is 5.32 Å². The molecule has 1 N–H and O–H groups in total. The molecule has 0 bridgehead atoms. The van der Waals surface area contributed by atoms with Gasteiger partial charge in [0.15, 0.2) is 0 Å². The van der Waals surface area contributed by atoms with Crippen LogP contribution in [0.4, 0.5) is 0 Å². The number of allylic oxidation sites excluding steroid dienone is 1. The van der Waals surface area contributed by atoms with E-state index in [4.69, 9.17) is 0 Å². The Morgan fingerprint density at radius 3 is 3.33 bits per heavy atom. The molecule has 1 unspecified atom stereocenters. The average Bonchev–Trinajstić information content (AvgIpc) is 1.97. The van der Waals surface area contributed by atoms with E-state index in [9.17, 15) is 4.79 Å². The summed E-state index contributed by atoms with van der Waals surface area (Å²) in [5, 5.41) is 2.77. The van der Waals surface area contributed by atoms with Gasteiger partial charge < -0.3 is 5.32 Å². The van der Waals surface area contributed by atoms with Crippen LogP contribution in [-0.4, -0.2) is 12.5 Å². The second kappa shape index (κ2) is 2.67. The van der Waals surface area contributed by atoms with E-state index in [1.807, 2.05) is 6.08 Å². The summed E-state index contributed by atoms with van der Waals surface area (Å²) in [5.74, 6) is 0.632. The van der Waals surface area contributed by atoms with Crippen molar-refractivity contribution in [2.45, 2.75) is 13.3 Å². The standard InChI is InChI=1S/C7H11NO/c1-6-3-2-4-7(9)8-5-6/h2,4,6H,3,5H2,1H3,(H,8,9). The molecule has 0 aliphatic carbocycles. The Kier molecular flexibility index (Phi) is 1.88. The summed E-state index contributed by atoms with van der Waals surface area (Å²) in [7, 11) is 0. The molecule has 0 saturated carbocycles. The van der Waals surface area contributed by atoms with Gasteiger partial charge in [0, 0.05) is 6.54 Å². The first-order chi connectivity index (χ1) is 4.29. The lowest BCUT2D eigenvalue weighted by Crippen LogP contribution is -2.24. The Morgan fingerprint density at radius 1 is 1.78 bits per heavy atom. The number of rotatable bonds is 0. The molecule has 1 atom stereocenters. The van der Waals surface area contributed by atoms with Gasteiger partial charge in [0.05, 0.1) is 0 Å². The van der Waals surface area contributed by atoms with Gasteiger partial charge in [-0.15, -0.1) is 0 Å². The van der Waals surface area contributed by atoms with E-state index in [1.165, 1.54) is 0 Å². The van der Waals surface area contributed by atoms with Gasteiger partial charge in [-0.05, 0) is 18.4 Å². The summed E-state index contributed by atoms with van der Waals surface area (Å²) in [6, 6.07) is 0. The lowest BCUT2D eigenvalue weighted by Gasteiger charge is -2.04. The molecule has 1 heterocycles. The number of carbonyl (C=O) groups excluding carboxylic acids is 1. The van der Waals surface area contributed by atoms with Crippen LogP contribution in [0.5, 0.6) is 0 Å². The molecule has 0 saturated heterocycles. The van der Waals surface area contributed by atoms with Gasteiger partial charge in [-0.1, -0.05) is 13.0 Å². The minimum atomic E-state index is 0.0411. The molecule has 1 aliphatic rings. The minimum absolute atomic E-state index is 0.0411. The van der Waals surface area contributed by atoms with Crippen molar-refractivity contribution in [3.05, 3.63) is 12.2 Å². The molecule has 0 aromatic rings. The highest BCUT2D eigenvalue weighted by atomic mass is 16.1. The Bertz CT molecular complexity index is 140. The maximum Gasteiger partial charge on any atom is 0.243 e. The van der Waals surface area contributed by atoms with Crippen LogP contribution >= 0.6 is 0 Å². The molecular formula is C7H11NO. The van der Waals surface area contributed by atoms with Crippen LogP contribution in [0.1, 0.15) is 13.3 Å². The van der Waals surface area contributed by atoms with Crippen molar-refractivity contribution < 1.29 is 4.79 Å². The third-order valence-electron chi connectivity index (χ3n) is 1.43. The molecule has 1 rings (SSSR count). The third-order valence-corrected chi connectivity index (χ3v) is 1.43. The first-order valence-corrected chi connectivity index (χ1v) is 3.23. The normalized spacial score (nSPS) is 27.2. The lowest BCUT2D eigenvalue weighted by molar-refractivity contribution is -0.116. The van der Waals surface area contributed by atoms with E-state index in [1.54, 1.807) is 6.08 Å². The molecule has 1 aliphatic heterocycles. The van der Waals surface area contributed by atoms with Gasteiger partial charge in [-0.3, -0.25) is 4.79 Å². The van der Waals surface area contributed by atoms with Crippen LogP contribution in [0.3, 0.4) is 0 Å². The van der Waals surface area contributed by atoms with Crippen molar-refractivity contribution in [2.24, 2.45) is 5.92 Å². The molecule has 0 aromatic heterocycles. The van der Waals surface area contributed by atoms with Crippen molar-refractivity contribution in [2.75, 3.05) is 6.54 Å². The highest BCUT2D eigenvalue weighted by Gasteiger charge is 2.04. The maximum atomic E-state index is 10.6. The van der Waals surface area contributed by atoms with Crippen molar-refractivity contribution >= 4 is 5.91 Å². The topological polar surface area (TPSA) is 29.1 Å². The Labute approximate surface area is 54.9 Å². The van der Waals surface area contributed by atoms with E-state index in [0.29, 0.717) is 5.92 Å². The minimum Gasteiger partial charge on any atom is -0.352 e. The molecular weight excluding hydrogens is 114 g/mol. The molecule has 9 heavy (non-hydrogen) atoms. The van der Waals surface area contributed by atoms with Crippen molar-refractivity contribution in [3.63, 3.8) is 0 Å². The van der Waals surface area contributed by atoms with Gasteiger partial charge >= 0.3 is 0 Å². The Balaban J connectivity index is 2.48. The first kappa shape index (κ1) is 6.33. The second-order valence-corrected chi connectivity index (χ2v) is 2.49. The zero-order valence-electron chi connectivity index (χ0n) is 5.55. The van der Waals surface area contributed by atoms with E-state index >= 15 is 0 Å². The fourth-order valence-corrected chi connectivity index (χ4v) is 0.824. The van der Waals surface area contributed by atoms with Crippen molar-refractivity contribution in [3.8, 4) is 0 Å². The summed E-state index contributed by atoms with van der Waals surface area (Å²) in [6.45, 7) is 2.93. The van der Waals surface area contributed by atoms with Crippen molar-refractivity contribution in [1.29, 1.82) is 0 Å². The predicted molar refractivity (Wildman–Crippen MR) is 35.9 cm³/mol. The van der Waals surface area contributed by atoms with Crippen LogP contribution < -0.4 is 5.32 Å². The molecule has 1 amide bonds. The quantitative estimate of drug-likeness (QED) is 0.507. The number of carbonyl (C=O) groups is 1. The monoisotopic (exact) mass is 125 g/mol. The largest absolute Gasteiger partial charge is 0.352 e. The van der Waals surface area contributed by atoms with Gasteiger partial charge in [0.1, 0.15) is 0 Å². The van der Waals surface area contributed by atoms with E-state index in [-0.39, 0.29) is 5.91 Å². The van der Waals surface area contributed by atoms with E-state index in [2.05, 4.69) is 12.2 Å². The molecule has 0 radical (unpaired) electrons. The van der Waals surface area contributed by atoms with Crippen LogP contribution in [0.15, 0.2) is 12.2 Å². The summed E-state index contributed by atoms with van der Waals surface area (Å²) in [6.07, 6.45) is 4.54. The second-order valence-electron chi connectivity index (χ2n) is 2.49. The van der Waals surface area contributed by atoms with Crippen LogP contribution in [0.25, 0.3) is 0 Å². The highest BCUT2D eigenvalue weighted by molar-refractivity contribution is 5.87. The lowest BCUT2D eigenvalue weighted by atomic mass is 10.1. The molecule has 0 fully saturated rings. The van der Waals surface area contributed by atoms with Gasteiger partial charge in [0.25, 0.3) is 0 Å². The number of hydrogen-bond acceptors (Lipinski definition) is 1. The molecule has 0 spiro atoms. The Hall–Kier alpha value is -0.790. The summed E-state index contributed by atoms with van der Waals surface area (Å²) < 4.78 is 0. The average molecular weight is 125 g/mol. The van der Waals surface area contributed by atoms with Crippen LogP contribution in [-0.2, 0) is 4.79 Å². The van der Waals surface area contributed by atoms with Gasteiger partial charge in [-0.25, -0.2) is 0 Å². The van der Waals surface area contributed by atoms with E-state index in [0.717, 1.165) is 13.0 Å². The summed E-state index contributed by atoms with van der Waals surface area (Å²) in [4.78, 5) is 10.6. The molecule has 50 valence electrons. The van der Waals surface area contributed by atoms with E-state index < -0.39 is 0 Å². The summed E-state index contributed by atoms with van der Waals surface area (Å²) in [5.41, 5.74) is 0. The number of hydrogen-bond donors (Lipinski definition) is 1. The van der Waals surface area contributed by atoms with Gasteiger partial charge in [-0.2, -0.15) is 0 Å². The van der Waals surface area contributed by atoms with Crippen LogP contribution in [0, 0.1) is 5.92 Å². The third kappa shape index (κ3) is 1.88. The molecule has 0 aromatic carbocycles. The zero-order valence-corrected chi connectivity index (χ0v) is 5.55. The predicted octanol–water partition coefficient (Wildman–Crippen LogP) is 0.699. The SMILES string of the molecule is CC1CC=CC(=O)NC1. The first-order valence-electron chi connectivity index (χ1n) is 3.23. The fourth-order valence-electron chi connectivity index (χ4n) is 0.824. The highest BCUT2D eigenvalue weighted by Crippen LogP contribution is 2.03. The smallest absolute Gasteiger partial charge is 0.243 e. The van der Waals surface area contributed by atoms with Crippen LogP contribution in [0.2, 0.25) is 0 Å². The zero-order chi connectivity index (χ0) is 6.69. The molecule has 2 heteroatoms. The number of nitrogens with one attached hydrogen (secondary N) is 1. The van der Waals surface area contributed by atoms with Gasteiger partial charge in [0.2, 0.25) is 5.91 Å². The summed E-state index contributed by atoms with van der Waals surface area (Å²) >= 11 is 0. The fraction of sp³-hybridized carbons (Fsp3) is 0.571. The Morgan fingerprint density at radius 2 is 2.56 bits per heavy atom. The molecule has 2 nitrogen and oxygen atoms in total. The number of amides is 1.